The number of nitrogens with zero attached hydrogens (tertiary/aromatic N) is 3. The molecule has 5 rings (SSSR count). The third kappa shape index (κ3) is 4.52. The summed E-state index contributed by atoms with van der Waals surface area (Å²) in [6.45, 7) is 2.01. The molecule has 0 fully saturated rings. The van der Waals surface area contributed by atoms with Crippen LogP contribution in [0.2, 0.25) is 0 Å². The Bertz CT molecular complexity index is 1460. The van der Waals surface area contributed by atoms with Crippen LogP contribution in [0, 0.1) is 6.92 Å². The van der Waals surface area contributed by atoms with E-state index >= 15 is 0 Å². The van der Waals surface area contributed by atoms with Crippen molar-refractivity contribution in [3.63, 3.8) is 0 Å². The van der Waals surface area contributed by atoms with Crippen molar-refractivity contribution in [2.45, 2.75) is 17.8 Å². The van der Waals surface area contributed by atoms with Gasteiger partial charge in [0.05, 0.1) is 12.8 Å². The highest BCUT2D eigenvalue weighted by molar-refractivity contribution is 7.98. The van der Waals surface area contributed by atoms with Crippen LogP contribution in [0.15, 0.2) is 75.9 Å². The minimum absolute atomic E-state index is 0.259. The molecule has 9 heteroatoms. The summed E-state index contributed by atoms with van der Waals surface area (Å²) >= 11 is 2.80. The summed E-state index contributed by atoms with van der Waals surface area (Å²) in [6, 6.07) is 15.3. The number of fused-ring (bicyclic) bond motifs is 1. The molecule has 0 atom stereocenters. The predicted molar refractivity (Wildman–Crippen MR) is 135 cm³/mol. The van der Waals surface area contributed by atoms with Gasteiger partial charge < -0.3 is 9.15 Å². The third-order valence-corrected chi connectivity index (χ3v) is 6.81. The zero-order chi connectivity index (χ0) is 23.5. The van der Waals surface area contributed by atoms with Crippen LogP contribution in [-0.2, 0) is 5.75 Å². The van der Waals surface area contributed by atoms with Gasteiger partial charge in [-0.1, -0.05) is 41.6 Å². The van der Waals surface area contributed by atoms with Gasteiger partial charge in [-0.15, -0.1) is 11.3 Å². The molecular weight excluding hydrogens is 468 g/mol. The van der Waals surface area contributed by atoms with E-state index in [4.69, 9.17) is 9.15 Å². The molecule has 0 spiro atoms. The normalized spacial score (nSPS) is 11.0. The molecule has 0 aliphatic carbocycles. The topological polar surface area (TPSA) is 90.1 Å². The number of thiazole rings is 1. The lowest BCUT2D eigenvalue weighted by atomic mass is 10.1. The fraction of sp³-hybridized carbons (Fsp3) is 0.120. The molecule has 2 aromatic carbocycles. The number of rotatable bonds is 7. The highest BCUT2D eigenvalue weighted by Crippen LogP contribution is 2.34. The number of nitrogens with one attached hydrogen (secondary N) is 1. The Morgan fingerprint density at radius 2 is 1.97 bits per heavy atom. The summed E-state index contributed by atoms with van der Waals surface area (Å²) in [5.41, 5.74) is 4.16. The monoisotopic (exact) mass is 488 g/mol. The molecule has 1 N–H and O–H groups in total. The number of hydrogen-bond donors (Lipinski definition) is 1. The largest absolute Gasteiger partial charge is 0.496 e. The van der Waals surface area contributed by atoms with Crippen LogP contribution < -0.4 is 10.1 Å². The number of carbonyl (C=O) groups excluding carboxylic acids is 1. The molecule has 0 radical (unpaired) electrons. The van der Waals surface area contributed by atoms with Crippen LogP contribution in [0.25, 0.3) is 22.2 Å². The number of ether oxygens (including phenoxy) is 1. The molecule has 7 nitrogen and oxygen atoms in total. The van der Waals surface area contributed by atoms with E-state index in [0.717, 1.165) is 33.5 Å². The van der Waals surface area contributed by atoms with Gasteiger partial charge in [-0.25, -0.2) is 15.0 Å². The van der Waals surface area contributed by atoms with Crippen LogP contribution in [-0.4, -0.2) is 28.0 Å². The first-order chi connectivity index (χ1) is 16.6. The minimum atomic E-state index is -0.349. The van der Waals surface area contributed by atoms with E-state index in [9.17, 15) is 4.79 Å². The molecular formula is C25H20N4O3S2. The average Bonchev–Trinajstić information content (AvgIpc) is 3.48. The number of furan rings is 1. The van der Waals surface area contributed by atoms with E-state index in [0.29, 0.717) is 21.6 Å². The lowest BCUT2D eigenvalue weighted by Gasteiger charge is -2.07. The Labute approximate surface area is 204 Å². The van der Waals surface area contributed by atoms with Gasteiger partial charge in [0.1, 0.15) is 11.3 Å². The van der Waals surface area contributed by atoms with E-state index in [1.807, 2.05) is 54.8 Å². The summed E-state index contributed by atoms with van der Waals surface area (Å²) in [4.78, 5) is 26.4. The van der Waals surface area contributed by atoms with Crippen molar-refractivity contribution in [3.05, 3.63) is 83.2 Å². The van der Waals surface area contributed by atoms with Gasteiger partial charge in [0, 0.05) is 40.0 Å². The number of amides is 1. The molecule has 1 amide bonds. The van der Waals surface area contributed by atoms with Crippen molar-refractivity contribution in [2.75, 3.05) is 12.4 Å². The third-order valence-electron chi connectivity index (χ3n) is 5.15. The molecule has 5 aromatic rings. The average molecular weight is 489 g/mol. The van der Waals surface area contributed by atoms with E-state index in [1.54, 1.807) is 25.6 Å². The van der Waals surface area contributed by atoms with Crippen molar-refractivity contribution < 1.29 is 13.9 Å². The number of hydrogen-bond acceptors (Lipinski definition) is 8. The number of aromatic nitrogens is 3. The van der Waals surface area contributed by atoms with Gasteiger partial charge >= 0.3 is 0 Å². The molecule has 0 saturated heterocycles. The summed E-state index contributed by atoms with van der Waals surface area (Å²) < 4.78 is 11.4. The van der Waals surface area contributed by atoms with Crippen LogP contribution in [0.4, 0.5) is 5.13 Å². The Morgan fingerprint density at radius 1 is 1.15 bits per heavy atom. The number of carbonyl (C=O) groups is 1. The molecule has 34 heavy (non-hydrogen) atoms. The molecule has 0 unspecified atom stereocenters. The second-order valence-corrected chi connectivity index (χ2v) is 9.22. The summed E-state index contributed by atoms with van der Waals surface area (Å²) in [5, 5.41) is 6.80. The highest BCUT2D eigenvalue weighted by Gasteiger charge is 2.22. The summed E-state index contributed by atoms with van der Waals surface area (Å²) in [5.74, 6) is 1.13. The maximum atomic E-state index is 13.2. The van der Waals surface area contributed by atoms with E-state index in [2.05, 4.69) is 20.3 Å². The number of para-hydroxylation sites is 1. The quantitative estimate of drug-likeness (QED) is 0.215. The van der Waals surface area contributed by atoms with Gasteiger partial charge in [-0.2, -0.15) is 0 Å². The molecule has 3 heterocycles. The minimum Gasteiger partial charge on any atom is -0.496 e. The number of methoxy groups -OCH3 is 1. The summed E-state index contributed by atoms with van der Waals surface area (Å²) in [6.07, 6.45) is 3.39. The van der Waals surface area contributed by atoms with Crippen LogP contribution in [0.3, 0.4) is 0 Å². The Morgan fingerprint density at radius 3 is 2.79 bits per heavy atom. The first-order valence-electron chi connectivity index (χ1n) is 10.4. The van der Waals surface area contributed by atoms with Crippen LogP contribution in [0.5, 0.6) is 5.75 Å². The fourth-order valence-electron chi connectivity index (χ4n) is 3.55. The van der Waals surface area contributed by atoms with Crippen LogP contribution in [0.1, 0.15) is 21.7 Å². The van der Waals surface area contributed by atoms with Gasteiger partial charge in [0.15, 0.2) is 16.0 Å². The van der Waals surface area contributed by atoms with E-state index in [1.165, 1.54) is 23.1 Å². The molecule has 170 valence electrons. The van der Waals surface area contributed by atoms with Crippen molar-refractivity contribution >= 4 is 45.1 Å². The first kappa shape index (κ1) is 22.1. The van der Waals surface area contributed by atoms with E-state index in [-0.39, 0.29) is 11.7 Å². The van der Waals surface area contributed by atoms with Crippen molar-refractivity contribution in [1.82, 2.24) is 15.0 Å². The van der Waals surface area contributed by atoms with Gasteiger partial charge in [0.2, 0.25) is 0 Å². The zero-order valence-corrected chi connectivity index (χ0v) is 20.1. The Hall–Kier alpha value is -3.69. The number of anilines is 1. The Balaban J connectivity index is 1.42. The lowest BCUT2D eigenvalue weighted by molar-refractivity contribution is 0.0998. The Kier molecular flexibility index (Phi) is 6.29. The molecule has 0 aliphatic heterocycles. The second kappa shape index (κ2) is 9.66. The number of thioether (sulfide) groups is 1. The second-order valence-electron chi connectivity index (χ2n) is 7.42. The maximum Gasteiger partial charge on any atom is 0.293 e. The predicted octanol–water partition coefficient (Wildman–Crippen LogP) is 6.21. The zero-order valence-electron chi connectivity index (χ0n) is 18.4. The molecule has 3 aromatic heterocycles. The SMILES string of the molecule is COc1ccc(C)cc1-c1csc(NC(=O)c2oc3ccccc3c2CSc2ncccn2)n1. The van der Waals surface area contributed by atoms with E-state index < -0.39 is 0 Å². The maximum absolute atomic E-state index is 13.2. The van der Waals surface area contributed by atoms with Gasteiger partial charge in [0.25, 0.3) is 5.91 Å². The van der Waals surface area contributed by atoms with Crippen LogP contribution >= 0.6 is 23.1 Å². The molecule has 0 aliphatic rings. The standard InChI is InChI=1S/C25H20N4O3S2/c1-15-8-9-20(31-2)17(12-15)19-14-34-25(28-19)29-23(30)22-18(13-33-24-26-10-5-11-27-24)16-6-3-4-7-21(16)32-22/h3-12,14H,13H2,1-2H3,(H,28,29,30). The van der Waals surface area contributed by atoms with Crippen molar-refractivity contribution in [3.8, 4) is 17.0 Å². The number of benzene rings is 2. The van der Waals surface area contributed by atoms with Gasteiger partial charge in [-0.3, -0.25) is 10.1 Å². The van der Waals surface area contributed by atoms with Crippen molar-refractivity contribution in [2.24, 2.45) is 0 Å². The fourth-order valence-corrected chi connectivity index (χ4v) is 5.09. The smallest absolute Gasteiger partial charge is 0.293 e. The molecule has 0 saturated carbocycles. The van der Waals surface area contributed by atoms with Crippen molar-refractivity contribution in [1.29, 1.82) is 0 Å². The summed E-state index contributed by atoms with van der Waals surface area (Å²) in [7, 11) is 1.63. The highest BCUT2D eigenvalue weighted by atomic mass is 32.2. The first-order valence-corrected chi connectivity index (χ1v) is 12.3. The lowest BCUT2D eigenvalue weighted by Crippen LogP contribution is -2.12. The van der Waals surface area contributed by atoms with Gasteiger partial charge in [-0.05, 0) is 31.2 Å². The molecule has 0 bridgehead atoms. The number of aryl methyl sites for hydroxylation is 1.